The first kappa shape index (κ1) is 44.9. The third kappa shape index (κ3) is 9.18. The van der Waals surface area contributed by atoms with Crippen LogP contribution in [0.1, 0.15) is 115 Å². The number of hydrogen-bond acceptors (Lipinski definition) is 10. The minimum atomic E-state index is -4.93. The number of piperidine rings is 1. The predicted octanol–water partition coefficient (Wildman–Crippen LogP) is 4.31. The number of benzene rings is 1. The van der Waals surface area contributed by atoms with Gasteiger partial charge in [0, 0.05) is 36.1 Å². The molecule has 1 aromatic carbocycles. The molecule has 5 heterocycles. The molecule has 8 rings (SSSR count). The lowest BCUT2D eigenvalue weighted by Crippen LogP contribution is -2.86. The molecule has 344 valence electrons. The number of nitrogens with zero attached hydrogens (tertiary/aromatic N) is 2. The number of carbonyl (C=O) groups is 4. The molecule has 0 radical (unpaired) electrons. The first-order valence-electron chi connectivity index (χ1n) is 22.4. The van der Waals surface area contributed by atoms with E-state index in [0.717, 1.165) is 25.9 Å². The molecule has 63 heavy (non-hydrogen) atoms. The fourth-order valence-electron chi connectivity index (χ4n) is 9.42. The number of fused-ring (bicyclic) bond motifs is 5. The van der Waals surface area contributed by atoms with Crippen LogP contribution in [0.3, 0.4) is 0 Å². The molecule has 5 N–H and O–H groups in total. The Labute approximate surface area is 365 Å². The van der Waals surface area contributed by atoms with Crippen LogP contribution in [0.5, 0.6) is 11.5 Å². The van der Waals surface area contributed by atoms with Gasteiger partial charge in [0.15, 0.2) is 11.4 Å². The molecule has 15 nitrogen and oxygen atoms in total. The maximum Gasteiger partial charge on any atom is 0.437 e. The van der Waals surface area contributed by atoms with Gasteiger partial charge in [-0.1, -0.05) is 31.9 Å². The molecule has 4 amide bonds. The number of hydrogen-bond donors (Lipinski definition) is 4. The summed E-state index contributed by atoms with van der Waals surface area (Å²) >= 11 is 0. The Morgan fingerprint density at radius 3 is 2.57 bits per heavy atom. The molecule has 2 saturated carbocycles. The Morgan fingerprint density at radius 2 is 1.86 bits per heavy atom. The van der Waals surface area contributed by atoms with Crippen molar-refractivity contribution in [2.45, 2.75) is 157 Å². The van der Waals surface area contributed by atoms with Gasteiger partial charge in [-0.05, 0) is 89.8 Å². The lowest BCUT2D eigenvalue weighted by Gasteiger charge is -2.37. The summed E-state index contributed by atoms with van der Waals surface area (Å²) in [6.45, 7) is 6.57. The normalized spacial score (nSPS) is 29.7. The quantitative estimate of drug-likeness (QED) is 0.277. The molecular weight excluding hydrogens is 846 g/mol. The largest absolute Gasteiger partial charge is 0.490 e. The molecule has 1 spiro atoms. The number of alkyl carbamates (subject to hydrolysis) is 1. The monoisotopic (exact) mass is 903 g/mol. The number of nitrogens with two attached hydrogens (primary N) is 1. The van der Waals surface area contributed by atoms with E-state index in [2.05, 4.69) is 25.7 Å². The second-order valence-electron chi connectivity index (χ2n) is 18.6. The third-order valence-electron chi connectivity index (χ3n) is 13.9. The summed E-state index contributed by atoms with van der Waals surface area (Å²) in [6, 6.07) is 2.27. The molecule has 0 bridgehead atoms. The van der Waals surface area contributed by atoms with E-state index >= 15 is 0 Å². The number of rotatable bonds is 8. The van der Waals surface area contributed by atoms with Crippen LogP contribution >= 0.6 is 0 Å². The summed E-state index contributed by atoms with van der Waals surface area (Å²) in [4.78, 5) is 62.0. The molecule has 2 saturated heterocycles. The smallest absolute Gasteiger partial charge is 0.437 e. The Morgan fingerprint density at radius 1 is 1.10 bits per heavy atom. The number of nitrogens with one attached hydrogen (secondary N) is 3. The van der Waals surface area contributed by atoms with Gasteiger partial charge in [0.25, 0.3) is 5.91 Å². The number of alkyl halides is 3. The van der Waals surface area contributed by atoms with E-state index in [1.807, 2.05) is 13.0 Å². The first-order chi connectivity index (χ1) is 29.9. The van der Waals surface area contributed by atoms with Crippen LogP contribution in [-0.2, 0) is 41.7 Å². The van der Waals surface area contributed by atoms with Gasteiger partial charge in [0.05, 0.1) is 29.9 Å². The lowest BCUT2D eigenvalue weighted by atomic mass is 9.87. The van der Waals surface area contributed by atoms with Crippen molar-refractivity contribution in [2.75, 3.05) is 19.6 Å². The number of carbonyl (C=O) groups excluding carboxylic acids is 4. The second kappa shape index (κ2) is 17.0. The fraction of sp³-hybridized carbons (Fsp3) is 0.659. The number of aryl methyl sites for hydroxylation is 1. The standard InChI is InChI=1S/C44H57F3N6O9S/c1-4-26(2)60-40(57)50-33-11-9-7-5-6-8-10-27-23-43(27,39(56)52-63(58,59)41(3)18-19-41)51-37(54)34-24-42(25-53(34)38(33)55)17-14-30-31-22-29(61-28-15-20-48-21-16-28)12-13-32(31)49-36(35(30)62-42)44(45,46)47/h8,10,12-13,22,26-28,33-34,48H,4-7,9,11,14-21,23-25H2,1-3H3,(H,50,57)(H,51,54)(H,52,56)/p+1/b10-8-/t26-,27+,33-,34-,42+,43+/m0/s1. The van der Waals surface area contributed by atoms with Gasteiger partial charge < -0.3 is 35.1 Å². The summed E-state index contributed by atoms with van der Waals surface area (Å²) in [5, 5.41) is 8.15. The van der Waals surface area contributed by atoms with E-state index in [1.54, 1.807) is 25.1 Å². The highest BCUT2D eigenvalue weighted by Crippen LogP contribution is 2.50. The topological polar surface area (TPSA) is 199 Å². The molecule has 2 aromatic rings. The molecule has 6 aliphatic rings. The van der Waals surface area contributed by atoms with Crippen LogP contribution in [0.2, 0.25) is 0 Å². The number of sulfonamides is 1. The highest BCUT2D eigenvalue weighted by molar-refractivity contribution is 7.91. The molecular formula is C44H58F3N6O9S+. The zero-order chi connectivity index (χ0) is 45.0. The summed E-state index contributed by atoms with van der Waals surface area (Å²) in [6.07, 6.45) is 3.04. The van der Waals surface area contributed by atoms with Crippen molar-refractivity contribution < 1.29 is 60.3 Å². The first-order valence-corrected chi connectivity index (χ1v) is 23.9. The molecule has 2 aliphatic carbocycles. The molecule has 4 aliphatic heterocycles. The van der Waals surface area contributed by atoms with Crippen molar-refractivity contribution in [3.8, 4) is 11.5 Å². The highest BCUT2D eigenvalue weighted by atomic mass is 32.2. The molecule has 6 atom stereocenters. The number of ether oxygens (including phenoxy) is 3. The van der Waals surface area contributed by atoms with Crippen molar-refractivity contribution in [2.24, 2.45) is 5.92 Å². The summed E-state index contributed by atoms with van der Waals surface area (Å²) in [5.41, 5.74) is -4.03. The second-order valence-corrected chi connectivity index (χ2v) is 20.8. The van der Waals surface area contributed by atoms with Crippen LogP contribution in [0.25, 0.3) is 10.9 Å². The van der Waals surface area contributed by atoms with Gasteiger partial charge in [0.1, 0.15) is 41.2 Å². The molecule has 0 unspecified atom stereocenters. The summed E-state index contributed by atoms with van der Waals surface area (Å²) < 4.78 is 90.8. The Bertz CT molecular complexity index is 2280. The van der Waals surface area contributed by atoms with Gasteiger partial charge in [-0.2, -0.15) is 13.2 Å². The van der Waals surface area contributed by atoms with Gasteiger partial charge >= 0.3 is 12.3 Å². The summed E-state index contributed by atoms with van der Waals surface area (Å²) in [5.74, 6) is -2.92. The van der Waals surface area contributed by atoms with Crippen molar-refractivity contribution in [3.63, 3.8) is 0 Å². The zero-order valence-corrected chi connectivity index (χ0v) is 36.8. The van der Waals surface area contributed by atoms with Crippen LogP contribution in [-0.4, -0.2) is 102 Å². The third-order valence-corrected chi connectivity index (χ3v) is 16.1. The van der Waals surface area contributed by atoms with Crippen molar-refractivity contribution in [1.82, 2.24) is 25.2 Å². The van der Waals surface area contributed by atoms with Crippen LogP contribution < -0.4 is 30.1 Å². The number of quaternary nitrogens is 1. The Hall–Kier alpha value is -4.65. The average Bonchev–Trinajstić information content (AvgIpc) is 4.13. The van der Waals surface area contributed by atoms with Crippen LogP contribution in [0.15, 0.2) is 30.4 Å². The van der Waals surface area contributed by atoms with Gasteiger partial charge in [0.2, 0.25) is 21.8 Å². The fourth-order valence-corrected chi connectivity index (χ4v) is 10.7. The Kier molecular flexibility index (Phi) is 12.2. The highest BCUT2D eigenvalue weighted by Gasteiger charge is 2.64. The van der Waals surface area contributed by atoms with Crippen LogP contribution in [0, 0.1) is 5.92 Å². The average molecular weight is 904 g/mol. The van der Waals surface area contributed by atoms with E-state index < -0.39 is 91.5 Å². The van der Waals surface area contributed by atoms with E-state index in [4.69, 9.17) is 14.2 Å². The minimum Gasteiger partial charge on any atom is -0.490 e. The van der Waals surface area contributed by atoms with Gasteiger partial charge in [-0.15, -0.1) is 0 Å². The molecule has 4 fully saturated rings. The molecule has 1 aromatic heterocycles. The van der Waals surface area contributed by atoms with Gasteiger partial charge in [-0.25, -0.2) is 18.2 Å². The number of amides is 4. The maximum absolute atomic E-state index is 15.0. The minimum absolute atomic E-state index is 0.0358. The Balaban J connectivity index is 1.15. The maximum atomic E-state index is 15.0. The predicted molar refractivity (Wildman–Crippen MR) is 223 cm³/mol. The molecule has 19 heteroatoms. The number of aromatic nitrogens is 1. The summed E-state index contributed by atoms with van der Waals surface area (Å²) in [7, 11) is -4.10. The van der Waals surface area contributed by atoms with E-state index in [1.165, 1.54) is 17.9 Å². The van der Waals surface area contributed by atoms with E-state index in [0.29, 0.717) is 56.1 Å². The number of halogens is 3. The lowest BCUT2D eigenvalue weighted by molar-refractivity contribution is -0.664. The van der Waals surface area contributed by atoms with Gasteiger partial charge in [-0.3, -0.25) is 19.1 Å². The van der Waals surface area contributed by atoms with Crippen molar-refractivity contribution in [3.05, 3.63) is 41.6 Å². The van der Waals surface area contributed by atoms with E-state index in [9.17, 15) is 40.8 Å². The number of pyridine rings is 1. The van der Waals surface area contributed by atoms with E-state index in [-0.39, 0.29) is 55.8 Å². The zero-order valence-electron chi connectivity index (χ0n) is 36.0. The van der Waals surface area contributed by atoms with Crippen LogP contribution in [0.4, 0.5) is 18.0 Å². The van der Waals surface area contributed by atoms with Crippen molar-refractivity contribution in [1.29, 1.82) is 0 Å². The number of allylic oxidation sites excluding steroid dienone is 1. The van der Waals surface area contributed by atoms with Crippen molar-refractivity contribution >= 4 is 44.7 Å². The SMILES string of the molecule is CC[C@H](C)OC(=O)N[C@H]1CCCCC/C=C\[C@@H]2C[C@@]2(C(=O)NS(=O)(=O)C2(C)CC2)NC(=O)[C@@H]2C[C@]3(CCc4c(c(C(F)(F)F)nc5ccc(OC6CC[NH2+]CC6)cc45)O3)CN2C1=O.